The van der Waals surface area contributed by atoms with Crippen LogP contribution >= 0.6 is 0 Å². The molecule has 3 aromatic rings. The molecule has 2 heteroatoms. The monoisotopic (exact) mass is 346 g/mol. The van der Waals surface area contributed by atoms with E-state index in [1.165, 1.54) is 11.1 Å². The van der Waals surface area contributed by atoms with Gasteiger partial charge < -0.3 is 9.47 Å². The molecule has 0 aliphatic heterocycles. The third-order valence-electron chi connectivity index (χ3n) is 4.45. The smallest absolute Gasteiger partial charge is 0.135 e. The minimum absolute atomic E-state index is 0.557. The van der Waals surface area contributed by atoms with Crippen LogP contribution in [0.5, 0.6) is 11.5 Å². The van der Waals surface area contributed by atoms with E-state index in [1.54, 1.807) is 0 Å². The highest BCUT2D eigenvalue weighted by atomic mass is 16.5. The molecule has 0 aromatic heterocycles. The van der Waals surface area contributed by atoms with Gasteiger partial charge in [0, 0.05) is 21.5 Å². The number of hydrogen-bond acceptors (Lipinski definition) is 2. The normalized spacial score (nSPS) is 11.8. The quantitative estimate of drug-likeness (QED) is 0.374. The van der Waals surface area contributed by atoms with Crippen molar-refractivity contribution in [3.63, 3.8) is 0 Å². The van der Waals surface area contributed by atoms with E-state index < -0.39 is 0 Å². The van der Waals surface area contributed by atoms with Gasteiger partial charge in [0.15, 0.2) is 0 Å². The van der Waals surface area contributed by atoms with E-state index in [-0.39, 0.29) is 0 Å². The molecule has 0 aliphatic carbocycles. The predicted molar refractivity (Wildman–Crippen MR) is 112 cm³/mol. The number of allylic oxidation sites excluding steroid dienone is 2. The fourth-order valence-electron chi connectivity index (χ4n) is 3.14. The maximum Gasteiger partial charge on any atom is 0.135 e. The summed E-state index contributed by atoms with van der Waals surface area (Å²) in [7, 11) is 0. The third-order valence-corrected chi connectivity index (χ3v) is 4.45. The van der Waals surface area contributed by atoms with Crippen molar-refractivity contribution < 1.29 is 9.47 Å². The summed E-state index contributed by atoms with van der Waals surface area (Å²) in [6, 6.07) is 12.9. The van der Waals surface area contributed by atoms with Gasteiger partial charge in [0.2, 0.25) is 0 Å². The zero-order valence-electron chi connectivity index (χ0n) is 16.0. The van der Waals surface area contributed by atoms with Gasteiger partial charge in [0.1, 0.15) is 24.7 Å². The van der Waals surface area contributed by atoms with E-state index in [2.05, 4.69) is 50.2 Å². The molecule has 0 N–H and O–H groups in total. The van der Waals surface area contributed by atoms with Crippen molar-refractivity contribution >= 4 is 21.5 Å². The molecule has 0 saturated carbocycles. The lowest BCUT2D eigenvalue weighted by molar-refractivity contribution is 0.365. The van der Waals surface area contributed by atoms with Crippen molar-refractivity contribution in [3.05, 3.63) is 71.8 Å². The van der Waals surface area contributed by atoms with Crippen molar-refractivity contribution in [2.24, 2.45) is 0 Å². The molecular weight excluding hydrogens is 320 g/mol. The van der Waals surface area contributed by atoms with Crippen LogP contribution in [0.3, 0.4) is 0 Å². The summed E-state index contributed by atoms with van der Waals surface area (Å²) in [6.45, 7) is 9.34. The van der Waals surface area contributed by atoms with Crippen molar-refractivity contribution in [2.75, 3.05) is 13.2 Å². The molecule has 0 radical (unpaired) electrons. The fraction of sp³-hybridized carbons (Fsp3) is 0.250. The number of aryl methyl sites for hydroxylation is 2. The molecule has 3 aromatic carbocycles. The van der Waals surface area contributed by atoms with Gasteiger partial charge in [-0.3, -0.25) is 0 Å². The summed E-state index contributed by atoms with van der Waals surface area (Å²) in [6.07, 6.45) is 8.07. The van der Waals surface area contributed by atoms with Crippen molar-refractivity contribution in [2.45, 2.75) is 27.7 Å². The Kier molecular flexibility index (Phi) is 5.62. The predicted octanol–water partition coefficient (Wildman–Crippen LogP) is 6.52. The van der Waals surface area contributed by atoms with Crippen LogP contribution in [-0.4, -0.2) is 13.2 Å². The summed E-state index contributed by atoms with van der Waals surface area (Å²) < 4.78 is 12.4. The topological polar surface area (TPSA) is 18.5 Å². The molecular formula is C24H26O2. The Labute approximate surface area is 155 Å². The number of benzene rings is 3. The molecule has 3 rings (SSSR count). The van der Waals surface area contributed by atoms with E-state index >= 15 is 0 Å². The zero-order valence-corrected chi connectivity index (χ0v) is 16.0. The van der Waals surface area contributed by atoms with Crippen LogP contribution in [0.1, 0.15) is 25.0 Å². The number of hydrogen-bond donors (Lipinski definition) is 0. The second-order valence-corrected chi connectivity index (χ2v) is 6.52. The lowest BCUT2D eigenvalue weighted by Crippen LogP contribution is -2.00. The molecule has 134 valence electrons. The molecule has 0 bridgehead atoms. The number of ether oxygens (including phenoxy) is 2. The lowest BCUT2D eigenvalue weighted by atomic mass is 9.98. The second-order valence-electron chi connectivity index (χ2n) is 6.52. The van der Waals surface area contributed by atoms with Gasteiger partial charge in [0.25, 0.3) is 0 Å². The molecule has 26 heavy (non-hydrogen) atoms. The first-order valence-electron chi connectivity index (χ1n) is 9.10. The van der Waals surface area contributed by atoms with Crippen LogP contribution in [0.4, 0.5) is 0 Å². The highest BCUT2D eigenvalue weighted by molar-refractivity contribution is 6.11. The fourth-order valence-corrected chi connectivity index (χ4v) is 3.14. The third kappa shape index (κ3) is 3.60. The summed E-state index contributed by atoms with van der Waals surface area (Å²) in [4.78, 5) is 0. The maximum atomic E-state index is 6.19. The van der Waals surface area contributed by atoms with E-state index in [9.17, 15) is 0 Å². The molecule has 0 aliphatic rings. The standard InChI is InChI=1S/C24H26O2/c1-5-7-13-25-23-19-11-9-18(4)16-22(19)24(26-14-8-6-2)20-12-10-17(3)15-21(20)23/h5-12,15-16H,13-14H2,1-4H3/b7-5+,8-6+. The SMILES string of the molecule is C/C=C/COc1c2ccc(C)cc2c(OC/C=C/C)c2ccc(C)cc12. The summed E-state index contributed by atoms with van der Waals surface area (Å²) in [5, 5.41) is 4.38. The highest BCUT2D eigenvalue weighted by Gasteiger charge is 2.16. The average Bonchev–Trinajstić information content (AvgIpc) is 2.63. The maximum absolute atomic E-state index is 6.19. The zero-order chi connectivity index (χ0) is 18.5. The number of rotatable bonds is 6. The Morgan fingerprint density at radius 2 is 1.08 bits per heavy atom. The molecule has 0 fully saturated rings. The van der Waals surface area contributed by atoms with Gasteiger partial charge in [-0.25, -0.2) is 0 Å². The second kappa shape index (κ2) is 8.09. The minimum Gasteiger partial charge on any atom is -0.488 e. The van der Waals surface area contributed by atoms with Gasteiger partial charge in [-0.15, -0.1) is 0 Å². The van der Waals surface area contributed by atoms with E-state index in [4.69, 9.17) is 9.47 Å². The first-order chi connectivity index (χ1) is 12.7. The van der Waals surface area contributed by atoms with E-state index in [0.29, 0.717) is 13.2 Å². The first-order valence-corrected chi connectivity index (χ1v) is 9.10. The van der Waals surface area contributed by atoms with Crippen molar-refractivity contribution in [1.82, 2.24) is 0 Å². The summed E-state index contributed by atoms with van der Waals surface area (Å²) in [5.41, 5.74) is 2.42. The molecule has 0 atom stereocenters. The lowest BCUT2D eigenvalue weighted by Gasteiger charge is -2.18. The van der Waals surface area contributed by atoms with Gasteiger partial charge in [-0.2, -0.15) is 0 Å². The molecule has 0 amide bonds. The molecule has 2 nitrogen and oxygen atoms in total. The molecule has 0 unspecified atom stereocenters. The van der Waals surface area contributed by atoms with Crippen LogP contribution in [0.2, 0.25) is 0 Å². The van der Waals surface area contributed by atoms with Gasteiger partial charge in [-0.05, 0) is 39.8 Å². The molecule has 0 saturated heterocycles. The van der Waals surface area contributed by atoms with Crippen LogP contribution in [0, 0.1) is 13.8 Å². The van der Waals surface area contributed by atoms with Crippen LogP contribution in [-0.2, 0) is 0 Å². The number of fused-ring (bicyclic) bond motifs is 2. The summed E-state index contributed by atoms with van der Waals surface area (Å²) in [5.74, 6) is 1.85. The van der Waals surface area contributed by atoms with Gasteiger partial charge in [0.05, 0.1) is 0 Å². The minimum atomic E-state index is 0.557. The van der Waals surface area contributed by atoms with Crippen LogP contribution < -0.4 is 9.47 Å². The van der Waals surface area contributed by atoms with Gasteiger partial charge in [-0.1, -0.05) is 59.7 Å². The van der Waals surface area contributed by atoms with Crippen LogP contribution in [0.15, 0.2) is 60.7 Å². The van der Waals surface area contributed by atoms with Crippen molar-refractivity contribution in [3.8, 4) is 11.5 Å². The largest absolute Gasteiger partial charge is 0.488 e. The van der Waals surface area contributed by atoms with Gasteiger partial charge >= 0.3 is 0 Å². The Hall–Kier alpha value is -2.74. The Morgan fingerprint density at radius 3 is 1.46 bits per heavy atom. The van der Waals surface area contributed by atoms with Crippen LogP contribution in [0.25, 0.3) is 21.5 Å². The molecule has 0 spiro atoms. The first kappa shape index (κ1) is 18.1. The van der Waals surface area contributed by atoms with E-state index in [1.807, 2.05) is 38.2 Å². The Bertz CT molecular complexity index is 899. The highest BCUT2D eigenvalue weighted by Crippen LogP contribution is 2.43. The summed E-state index contributed by atoms with van der Waals surface area (Å²) >= 11 is 0. The molecule has 0 heterocycles. The average molecular weight is 346 g/mol. The van der Waals surface area contributed by atoms with Crippen molar-refractivity contribution in [1.29, 1.82) is 0 Å². The Balaban J connectivity index is 2.32. The van der Waals surface area contributed by atoms with E-state index in [0.717, 1.165) is 33.0 Å². The Morgan fingerprint density at radius 1 is 0.654 bits per heavy atom.